The standard InChI is InChI=1S/C19H21NO3/c1-14(16-8-9-17-18(13-16)23-12-11-22-17)20-19(21)10-7-15-5-3-2-4-6-15/h2-6,8-9,13-14H,7,10-12H2,1H3,(H,20,21)/t14-/m1/s1. The van der Waals surface area contributed by atoms with E-state index in [-0.39, 0.29) is 11.9 Å². The van der Waals surface area contributed by atoms with Gasteiger partial charge in [-0.05, 0) is 36.6 Å². The van der Waals surface area contributed by atoms with Gasteiger partial charge >= 0.3 is 0 Å². The Balaban J connectivity index is 1.56. The molecule has 1 aliphatic rings. The van der Waals surface area contributed by atoms with Crippen molar-refractivity contribution in [1.29, 1.82) is 0 Å². The Hall–Kier alpha value is -2.49. The molecule has 1 N–H and O–H groups in total. The third-order valence-electron chi connectivity index (χ3n) is 3.93. The zero-order valence-electron chi connectivity index (χ0n) is 13.2. The van der Waals surface area contributed by atoms with Gasteiger partial charge in [0.1, 0.15) is 13.2 Å². The van der Waals surface area contributed by atoms with Crippen molar-refractivity contribution in [2.75, 3.05) is 13.2 Å². The van der Waals surface area contributed by atoms with E-state index in [2.05, 4.69) is 5.32 Å². The lowest BCUT2D eigenvalue weighted by Gasteiger charge is -2.21. The lowest BCUT2D eigenvalue weighted by atomic mass is 10.1. The number of hydrogen-bond acceptors (Lipinski definition) is 3. The first-order valence-electron chi connectivity index (χ1n) is 7.95. The first-order chi connectivity index (χ1) is 11.2. The van der Waals surface area contributed by atoms with Gasteiger partial charge in [0.2, 0.25) is 5.91 Å². The minimum atomic E-state index is -0.0610. The van der Waals surface area contributed by atoms with E-state index in [1.807, 2.05) is 55.5 Å². The summed E-state index contributed by atoms with van der Waals surface area (Å²) in [5.41, 5.74) is 2.19. The number of hydrogen-bond donors (Lipinski definition) is 1. The Kier molecular flexibility index (Phi) is 4.81. The Bertz CT molecular complexity index is 670. The fourth-order valence-electron chi connectivity index (χ4n) is 2.63. The van der Waals surface area contributed by atoms with Crippen LogP contribution >= 0.6 is 0 Å². The fraction of sp³-hybridized carbons (Fsp3) is 0.316. The molecule has 120 valence electrons. The maximum atomic E-state index is 12.1. The molecule has 0 aliphatic carbocycles. The first-order valence-corrected chi connectivity index (χ1v) is 7.95. The molecule has 2 aromatic rings. The van der Waals surface area contributed by atoms with Gasteiger partial charge in [-0.1, -0.05) is 36.4 Å². The third-order valence-corrected chi connectivity index (χ3v) is 3.93. The number of ether oxygens (including phenoxy) is 2. The molecule has 2 aromatic carbocycles. The highest BCUT2D eigenvalue weighted by Crippen LogP contribution is 2.32. The van der Waals surface area contributed by atoms with Crippen molar-refractivity contribution in [2.45, 2.75) is 25.8 Å². The summed E-state index contributed by atoms with van der Waals surface area (Å²) in [6.07, 6.45) is 1.24. The number of benzene rings is 2. The topological polar surface area (TPSA) is 47.6 Å². The van der Waals surface area contributed by atoms with E-state index in [4.69, 9.17) is 9.47 Å². The molecule has 0 saturated heterocycles. The molecular formula is C19H21NO3. The molecule has 0 unspecified atom stereocenters. The molecule has 0 fully saturated rings. The van der Waals surface area contributed by atoms with Gasteiger partial charge in [-0.2, -0.15) is 0 Å². The zero-order valence-corrected chi connectivity index (χ0v) is 13.2. The second-order valence-corrected chi connectivity index (χ2v) is 5.68. The number of carbonyl (C=O) groups is 1. The van der Waals surface area contributed by atoms with Crippen molar-refractivity contribution >= 4 is 5.91 Å². The molecule has 0 spiro atoms. The monoisotopic (exact) mass is 311 g/mol. The highest BCUT2D eigenvalue weighted by molar-refractivity contribution is 5.76. The predicted molar refractivity (Wildman–Crippen MR) is 88.8 cm³/mol. The Morgan fingerprint density at radius 1 is 1.09 bits per heavy atom. The lowest BCUT2D eigenvalue weighted by molar-refractivity contribution is -0.121. The Labute approximate surface area is 136 Å². The van der Waals surface area contributed by atoms with Gasteiger partial charge in [-0.3, -0.25) is 4.79 Å². The van der Waals surface area contributed by atoms with Crippen LogP contribution in [0.1, 0.15) is 30.5 Å². The van der Waals surface area contributed by atoms with Gasteiger partial charge in [0.15, 0.2) is 11.5 Å². The maximum absolute atomic E-state index is 12.1. The molecule has 4 heteroatoms. The third kappa shape index (κ3) is 4.03. The normalized spacial score (nSPS) is 14.1. The quantitative estimate of drug-likeness (QED) is 0.922. The largest absolute Gasteiger partial charge is 0.486 e. The van der Waals surface area contributed by atoms with Crippen molar-refractivity contribution in [3.05, 3.63) is 59.7 Å². The molecule has 4 nitrogen and oxygen atoms in total. The van der Waals surface area contributed by atoms with Gasteiger partial charge in [0, 0.05) is 6.42 Å². The van der Waals surface area contributed by atoms with Gasteiger partial charge in [-0.15, -0.1) is 0 Å². The lowest BCUT2D eigenvalue weighted by Crippen LogP contribution is -2.27. The van der Waals surface area contributed by atoms with E-state index in [0.717, 1.165) is 23.5 Å². The summed E-state index contributed by atoms with van der Waals surface area (Å²) in [6, 6.07) is 15.8. The number of rotatable bonds is 5. The van der Waals surface area contributed by atoms with E-state index >= 15 is 0 Å². The second-order valence-electron chi connectivity index (χ2n) is 5.68. The predicted octanol–water partition coefficient (Wildman–Crippen LogP) is 3.27. The molecule has 1 amide bonds. The summed E-state index contributed by atoms with van der Waals surface area (Å²) in [7, 11) is 0. The van der Waals surface area contributed by atoms with Crippen molar-refractivity contribution < 1.29 is 14.3 Å². The van der Waals surface area contributed by atoms with Crippen LogP contribution in [0, 0.1) is 0 Å². The minimum absolute atomic E-state index is 0.0521. The number of fused-ring (bicyclic) bond motifs is 1. The molecule has 0 saturated carbocycles. The molecule has 3 rings (SSSR count). The molecule has 1 aliphatic heterocycles. The van der Waals surface area contributed by atoms with E-state index in [0.29, 0.717) is 19.6 Å². The van der Waals surface area contributed by atoms with Gasteiger partial charge in [-0.25, -0.2) is 0 Å². The molecule has 0 bridgehead atoms. The van der Waals surface area contributed by atoms with Crippen LogP contribution in [-0.4, -0.2) is 19.1 Å². The van der Waals surface area contributed by atoms with E-state index in [9.17, 15) is 4.79 Å². The van der Waals surface area contributed by atoms with Crippen molar-refractivity contribution in [2.24, 2.45) is 0 Å². The highest BCUT2D eigenvalue weighted by Gasteiger charge is 2.15. The molecular weight excluding hydrogens is 290 g/mol. The van der Waals surface area contributed by atoms with Crippen LogP contribution in [0.4, 0.5) is 0 Å². The SMILES string of the molecule is C[C@@H](NC(=O)CCc1ccccc1)c1ccc2c(c1)OCCO2. The molecule has 1 atom stereocenters. The van der Waals surface area contributed by atoms with Crippen LogP contribution in [0.25, 0.3) is 0 Å². The average Bonchev–Trinajstić information content (AvgIpc) is 2.60. The van der Waals surface area contributed by atoms with Crippen LogP contribution in [-0.2, 0) is 11.2 Å². The van der Waals surface area contributed by atoms with Crippen LogP contribution in [0.15, 0.2) is 48.5 Å². The van der Waals surface area contributed by atoms with Gasteiger partial charge in [0.05, 0.1) is 6.04 Å². The first kappa shape index (κ1) is 15.4. The number of nitrogens with one attached hydrogen (secondary N) is 1. The van der Waals surface area contributed by atoms with Gasteiger partial charge in [0.25, 0.3) is 0 Å². The second kappa shape index (κ2) is 7.18. The summed E-state index contributed by atoms with van der Waals surface area (Å²) >= 11 is 0. The number of amides is 1. The van der Waals surface area contributed by atoms with Crippen LogP contribution in [0.5, 0.6) is 11.5 Å². The summed E-state index contributed by atoms with van der Waals surface area (Å²) in [5, 5.41) is 3.04. The minimum Gasteiger partial charge on any atom is -0.486 e. The van der Waals surface area contributed by atoms with Crippen molar-refractivity contribution in [3.63, 3.8) is 0 Å². The maximum Gasteiger partial charge on any atom is 0.220 e. The smallest absolute Gasteiger partial charge is 0.220 e. The van der Waals surface area contributed by atoms with Crippen molar-refractivity contribution in [3.8, 4) is 11.5 Å². The molecule has 23 heavy (non-hydrogen) atoms. The van der Waals surface area contributed by atoms with Crippen LogP contribution in [0.3, 0.4) is 0 Å². The van der Waals surface area contributed by atoms with E-state index in [1.165, 1.54) is 5.56 Å². The summed E-state index contributed by atoms with van der Waals surface area (Å²) < 4.78 is 11.1. The fourth-order valence-corrected chi connectivity index (χ4v) is 2.63. The van der Waals surface area contributed by atoms with Crippen molar-refractivity contribution in [1.82, 2.24) is 5.32 Å². The number of aryl methyl sites for hydroxylation is 1. The number of carbonyl (C=O) groups excluding carboxylic acids is 1. The average molecular weight is 311 g/mol. The van der Waals surface area contributed by atoms with E-state index in [1.54, 1.807) is 0 Å². The molecule has 0 aromatic heterocycles. The van der Waals surface area contributed by atoms with Crippen LogP contribution < -0.4 is 14.8 Å². The zero-order chi connectivity index (χ0) is 16.1. The molecule has 0 radical (unpaired) electrons. The summed E-state index contributed by atoms with van der Waals surface area (Å²) in [4.78, 5) is 12.1. The Morgan fingerprint density at radius 3 is 2.61 bits per heavy atom. The Morgan fingerprint density at radius 2 is 1.83 bits per heavy atom. The summed E-state index contributed by atoms with van der Waals surface area (Å²) in [6.45, 7) is 3.12. The van der Waals surface area contributed by atoms with Gasteiger partial charge < -0.3 is 14.8 Å². The van der Waals surface area contributed by atoms with E-state index < -0.39 is 0 Å². The molecule has 1 heterocycles. The highest BCUT2D eigenvalue weighted by atomic mass is 16.6. The summed E-state index contributed by atoms with van der Waals surface area (Å²) in [5.74, 6) is 1.57. The van der Waals surface area contributed by atoms with Crippen LogP contribution in [0.2, 0.25) is 0 Å².